The van der Waals surface area contributed by atoms with Crippen LogP contribution in [0.15, 0.2) is 18.2 Å². The molecule has 0 spiro atoms. The van der Waals surface area contributed by atoms with E-state index in [4.69, 9.17) is 4.74 Å². The van der Waals surface area contributed by atoms with Crippen molar-refractivity contribution in [2.75, 3.05) is 0 Å². The molecule has 1 aliphatic rings. The van der Waals surface area contributed by atoms with Crippen molar-refractivity contribution in [3.63, 3.8) is 0 Å². The molecule has 2 heteroatoms. The number of ether oxygens (including phenoxy) is 1. The van der Waals surface area contributed by atoms with Gasteiger partial charge in [-0.15, -0.1) is 0 Å². The maximum absolute atomic E-state index is 11.5. The first-order valence-corrected chi connectivity index (χ1v) is 6.45. The van der Waals surface area contributed by atoms with E-state index in [0.717, 1.165) is 24.2 Å². The van der Waals surface area contributed by atoms with Crippen LogP contribution >= 0.6 is 0 Å². The molecular weight excluding hydrogens is 212 g/mol. The van der Waals surface area contributed by atoms with E-state index in [0.29, 0.717) is 11.7 Å². The lowest BCUT2D eigenvalue weighted by atomic mass is 9.97. The van der Waals surface area contributed by atoms with Gasteiger partial charge < -0.3 is 4.74 Å². The summed E-state index contributed by atoms with van der Waals surface area (Å²) in [5, 5.41) is 0. The highest BCUT2D eigenvalue weighted by Gasteiger charge is 2.17. The van der Waals surface area contributed by atoms with Crippen LogP contribution in [0.1, 0.15) is 54.9 Å². The fraction of sp³-hybridized carbons (Fsp3) is 0.533. The molecule has 0 N–H and O–H groups in total. The zero-order chi connectivity index (χ0) is 12.3. The highest BCUT2D eigenvalue weighted by Crippen LogP contribution is 2.27. The van der Waals surface area contributed by atoms with Crippen LogP contribution in [0.25, 0.3) is 0 Å². The summed E-state index contributed by atoms with van der Waals surface area (Å²) in [6.45, 7) is 3.62. The van der Waals surface area contributed by atoms with E-state index in [1.807, 2.05) is 25.1 Å². The van der Waals surface area contributed by atoms with Crippen molar-refractivity contribution >= 4 is 5.78 Å². The Morgan fingerprint density at radius 3 is 2.59 bits per heavy atom. The van der Waals surface area contributed by atoms with Crippen molar-refractivity contribution in [1.29, 1.82) is 0 Å². The van der Waals surface area contributed by atoms with Crippen LogP contribution in [0.3, 0.4) is 0 Å². The maximum Gasteiger partial charge on any atom is 0.163 e. The lowest BCUT2D eigenvalue weighted by Gasteiger charge is -2.24. The summed E-state index contributed by atoms with van der Waals surface area (Å²) in [5.41, 5.74) is 1.85. The molecule has 1 fully saturated rings. The smallest absolute Gasteiger partial charge is 0.163 e. The molecule has 0 bridgehead atoms. The molecule has 0 unspecified atom stereocenters. The van der Waals surface area contributed by atoms with Crippen LogP contribution in [0.4, 0.5) is 0 Å². The van der Waals surface area contributed by atoms with E-state index >= 15 is 0 Å². The summed E-state index contributed by atoms with van der Waals surface area (Å²) in [5.74, 6) is 0.847. The van der Waals surface area contributed by atoms with E-state index in [1.54, 1.807) is 6.92 Å². The van der Waals surface area contributed by atoms with Gasteiger partial charge in [0, 0.05) is 0 Å². The Morgan fingerprint density at radius 2 is 1.94 bits per heavy atom. The summed E-state index contributed by atoms with van der Waals surface area (Å²) < 4.78 is 6.01. The molecule has 0 aliphatic heterocycles. The van der Waals surface area contributed by atoms with Crippen LogP contribution in [0.2, 0.25) is 0 Å². The van der Waals surface area contributed by atoms with Gasteiger partial charge in [-0.25, -0.2) is 0 Å². The molecule has 17 heavy (non-hydrogen) atoms. The van der Waals surface area contributed by atoms with E-state index in [9.17, 15) is 4.79 Å². The van der Waals surface area contributed by atoms with Gasteiger partial charge in [0.1, 0.15) is 5.75 Å². The Bertz CT molecular complexity index is 403. The van der Waals surface area contributed by atoms with E-state index < -0.39 is 0 Å². The molecule has 92 valence electrons. The van der Waals surface area contributed by atoms with Crippen LogP contribution < -0.4 is 4.74 Å². The minimum atomic E-state index is 0.0795. The zero-order valence-electron chi connectivity index (χ0n) is 10.7. The molecule has 0 amide bonds. The summed E-state index contributed by atoms with van der Waals surface area (Å²) in [6.07, 6.45) is 6.32. The fourth-order valence-corrected chi connectivity index (χ4v) is 2.38. The number of ketones is 1. The second-order valence-corrected chi connectivity index (χ2v) is 4.93. The minimum Gasteiger partial charge on any atom is -0.490 e. The van der Waals surface area contributed by atoms with E-state index in [2.05, 4.69) is 0 Å². The van der Waals surface area contributed by atoms with Crippen molar-refractivity contribution in [1.82, 2.24) is 0 Å². The average molecular weight is 232 g/mol. The van der Waals surface area contributed by atoms with Gasteiger partial charge in [-0.05, 0) is 57.2 Å². The SMILES string of the molecule is CC(=O)c1ccc(C)cc1OC1CCCCC1. The highest BCUT2D eigenvalue weighted by atomic mass is 16.5. The Kier molecular flexibility index (Phi) is 3.82. The van der Waals surface area contributed by atoms with E-state index in [-0.39, 0.29) is 5.78 Å². The van der Waals surface area contributed by atoms with Gasteiger partial charge in [0.15, 0.2) is 5.78 Å². The maximum atomic E-state index is 11.5. The van der Waals surface area contributed by atoms with Crippen molar-refractivity contribution < 1.29 is 9.53 Å². The lowest BCUT2D eigenvalue weighted by Crippen LogP contribution is -2.20. The third-order valence-corrected chi connectivity index (χ3v) is 3.36. The number of carbonyl (C=O) groups is 1. The molecule has 1 aromatic carbocycles. The van der Waals surface area contributed by atoms with Crippen molar-refractivity contribution in [2.24, 2.45) is 0 Å². The number of hydrogen-bond donors (Lipinski definition) is 0. The van der Waals surface area contributed by atoms with Gasteiger partial charge in [-0.3, -0.25) is 4.79 Å². The monoisotopic (exact) mass is 232 g/mol. The van der Waals surface area contributed by atoms with Gasteiger partial charge in [0.05, 0.1) is 11.7 Å². The molecule has 0 radical (unpaired) electrons. The quantitative estimate of drug-likeness (QED) is 0.738. The third-order valence-electron chi connectivity index (χ3n) is 3.36. The second-order valence-electron chi connectivity index (χ2n) is 4.93. The van der Waals surface area contributed by atoms with Gasteiger partial charge in [0.2, 0.25) is 0 Å². The number of Topliss-reactive ketones (excluding diaryl/α,β-unsaturated/α-hetero) is 1. The molecule has 1 saturated carbocycles. The molecule has 0 aromatic heterocycles. The van der Waals surface area contributed by atoms with Gasteiger partial charge in [-0.1, -0.05) is 12.5 Å². The van der Waals surface area contributed by atoms with Crippen LogP contribution in [-0.4, -0.2) is 11.9 Å². The summed E-state index contributed by atoms with van der Waals surface area (Å²) in [6, 6.07) is 5.81. The molecule has 0 atom stereocenters. The standard InChI is InChI=1S/C15H20O2/c1-11-8-9-14(12(2)16)15(10-11)17-13-6-4-3-5-7-13/h8-10,13H,3-7H2,1-2H3. The van der Waals surface area contributed by atoms with Gasteiger partial charge >= 0.3 is 0 Å². The Balaban J connectivity index is 2.17. The van der Waals surface area contributed by atoms with Crippen molar-refractivity contribution in [3.05, 3.63) is 29.3 Å². The van der Waals surface area contributed by atoms with Crippen LogP contribution in [0, 0.1) is 6.92 Å². The van der Waals surface area contributed by atoms with E-state index in [1.165, 1.54) is 19.3 Å². The third kappa shape index (κ3) is 3.09. The van der Waals surface area contributed by atoms with Crippen LogP contribution in [0.5, 0.6) is 5.75 Å². The number of carbonyl (C=O) groups excluding carboxylic acids is 1. The first-order valence-electron chi connectivity index (χ1n) is 6.45. The topological polar surface area (TPSA) is 26.3 Å². The molecule has 1 aromatic rings. The Labute approximate surface area is 103 Å². The number of hydrogen-bond acceptors (Lipinski definition) is 2. The number of rotatable bonds is 3. The fourth-order valence-electron chi connectivity index (χ4n) is 2.38. The molecule has 1 aliphatic carbocycles. The molecule has 0 saturated heterocycles. The normalized spacial score (nSPS) is 16.8. The van der Waals surface area contributed by atoms with Gasteiger partial charge in [-0.2, -0.15) is 0 Å². The molecule has 2 rings (SSSR count). The Morgan fingerprint density at radius 1 is 1.24 bits per heavy atom. The summed E-state index contributed by atoms with van der Waals surface area (Å²) in [7, 11) is 0. The molecule has 2 nitrogen and oxygen atoms in total. The first kappa shape index (κ1) is 12.2. The van der Waals surface area contributed by atoms with Crippen molar-refractivity contribution in [2.45, 2.75) is 52.1 Å². The van der Waals surface area contributed by atoms with Crippen LogP contribution in [-0.2, 0) is 0 Å². The Hall–Kier alpha value is -1.31. The highest BCUT2D eigenvalue weighted by molar-refractivity contribution is 5.96. The summed E-state index contributed by atoms with van der Waals surface area (Å²) in [4.78, 5) is 11.5. The molecular formula is C15H20O2. The lowest BCUT2D eigenvalue weighted by molar-refractivity contribution is 0.100. The number of aryl methyl sites for hydroxylation is 1. The minimum absolute atomic E-state index is 0.0795. The zero-order valence-corrected chi connectivity index (χ0v) is 10.7. The largest absolute Gasteiger partial charge is 0.490 e. The predicted octanol–water partition coefficient (Wildman–Crippen LogP) is 3.91. The average Bonchev–Trinajstić information content (AvgIpc) is 2.30. The predicted molar refractivity (Wildman–Crippen MR) is 68.7 cm³/mol. The number of benzene rings is 1. The van der Waals surface area contributed by atoms with Crippen molar-refractivity contribution in [3.8, 4) is 5.75 Å². The molecule has 0 heterocycles. The summed E-state index contributed by atoms with van der Waals surface area (Å²) >= 11 is 0. The first-order chi connectivity index (χ1) is 8.16. The van der Waals surface area contributed by atoms with Gasteiger partial charge in [0.25, 0.3) is 0 Å². The second kappa shape index (κ2) is 5.35.